The van der Waals surface area contributed by atoms with Crippen molar-refractivity contribution in [3.05, 3.63) is 95.6 Å². The van der Waals surface area contributed by atoms with Crippen molar-refractivity contribution in [3.8, 4) is 11.1 Å². The number of fused-ring (bicyclic) bond motifs is 3. The van der Waals surface area contributed by atoms with Gasteiger partial charge in [-0.25, -0.2) is 0 Å². The average molecular weight is 558 g/mol. The molecule has 3 heterocycles. The largest absolute Gasteiger partial charge is 0.481 e. The maximum Gasteiger partial charge on any atom is 0.307 e. The van der Waals surface area contributed by atoms with E-state index in [1.165, 1.54) is 60.3 Å². The number of carboxylic acid groups (broad SMARTS) is 2. The lowest BCUT2D eigenvalue weighted by Crippen LogP contribution is -2.74. The monoisotopic (exact) mass is 557 g/mol. The summed E-state index contributed by atoms with van der Waals surface area (Å²) in [5, 5.41) is 19.8. The van der Waals surface area contributed by atoms with E-state index in [1.807, 2.05) is 54.6 Å². The fourth-order valence-electron chi connectivity index (χ4n) is 6.89. The number of carboxylic acids is 2. The molecule has 0 aliphatic carbocycles. The van der Waals surface area contributed by atoms with Crippen molar-refractivity contribution in [1.29, 1.82) is 0 Å². The molecule has 0 spiro atoms. The molecule has 7 nitrogen and oxygen atoms in total. The molecule has 3 fully saturated rings. The smallest absolute Gasteiger partial charge is 0.307 e. The second-order valence-corrected chi connectivity index (χ2v) is 12.2. The first-order valence-corrected chi connectivity index (χ1v) is 14.9. The van der Waals surface area contributed by atoms with Crippen molar-refractivity contribution >= 4 is 11.9 Å². The van der Waals surface area contributed by atoms with Gasteiger partial charge in [0.2, 0.25) is 0 Å². The summed E-state index contributed by atoms with van der Waals surface area (Å²) in [4.78, 5) is 24.2. The van der Waals surface area contributed by atoms with Gasteiger partial charge in [0.05, 0.1) is 18.4 Å². The highest BCUT2D eigenvalue weighted by Gasteiger charge is 2.48. The Morgan fingerprint density at radius 3 is 1.54 bits per heavy atom. The summed E-state index contributed by atoms with van der Waals surface area (Å²) in [6.45, 7) is 10.7. The molecule has 3 aromatic carbocycles. The number of rotatable bonds is 13. The van der Waals surface area contributed by atoms with Gasteiger partial charge in [0.25, 0.3) is 0 Å². The topological polar surface area (TPSA) is 101 Å². The maximum absolute atomic E-state index is 12.1. The molecule has 3 aromatic rings. The Bertz CT molecular complexity index is 1300. The predicted octanol–water partition coefficient (Wildman–Crippen LogP) is 4.05. The van der Waals surface area contributed by atoms with Crippen LogP contribution in [0.5, 0.6) is 0 Å². The Kier molecular flexibility index (Phi) is 8.88. The van der Waals surface area contributed by atoms with E-state index >= 15 is 0 Å². The van der Waals surface area contributed by atoms with E-state index in [0.29, 0.717) is 0 Å². The first-order valence-electron chi connectivity index (χ1n) is 14.9. The molecule has 3 aliphatic rings. The van der Waals surface area contributed by atoms with Crippen LogP contribution in [0.25, 0.3) is 11.1 Å². The van der Waals surface area contributed by atoms with Crippen molar-refractivity contribution in [2.75, 3.05) is 52.4 Å². The van der Waals surface area contributed by atoms with Crippen LogP contribution in [0.2, 0.25) is 0 Å². The molecule has 4 N–H and O–H groups in total. The second kappa shape index (κ2) is 12.6. The molecule has 7 heteroatoms. The quantitative estimate of drug-likeness (QED) is 0.275. The number of benzene rings is 3. The van der Waals surface area contributed by atoms with Gasteiger partial charge in [-0.1, -0.05) is 78.9 Å². The van der Waals surface area contributed by atoms with Crippen molar-refractivity contribution in [3.63, 3.8) is 0 Å². The van der Waals surface area contributed by atoms with E-state index in [2.05, 4.69) is 24.3 Å². The third-order valence-corrected chi connectivity index (χ3v) is 9.62. The van der Waals surface area contributed by atoms with E-state index in [0.717, 1.165) is 41.8 Å². The first-order chi connectivity index (χ1) is 19.8. The van der Waals surface area contributed by atoms with E-state index in [-0.39, 0.29) is 12.8 Å². The Labute approximate surface area is 243 Å². The molecule has 3 saturated heterocycles. The van der Waals surface area contributed by atoms with Crippen LogP contribution in [0, 0.1) is 11.8 Å². The summed E-state index contributed by atoms with van der Waals surface area (Å²) in [6.07, 6.45) is 1.48. The third kappa shape index (κ3) is 6.87. The molecule has 0 radical (unpaired) electrons. The van der Waals surface area contributed by atoms with Gasteiger partial charge in [0.1, 0.15) is 45.8 Å². The Hall–Kier alpha value is -3.52. The van der Waals surface area contributed by atoms with Crippen molar-refractivity contribution in [1.82, 2.24) is 0 Å². The molecule has 0 amide bonds. The predicted molar refractivity (Wildman–Crippen MR) is 160 cm³/mol. The number of nitrogens with two attached hydrogens (primary N) is 1. The Morgan fingerprint density at radius 2 is 1.07 bits per heavy atom. The number of carbonyl (C=O) groups is 2. The van der Waals surface area contributed by atoms with Crippen LogP contribution in [0.3, 0.4) is 0 Å². The van der Waals surface area contributed by atoms with Crippen LogP contribution in [0.15, 0.2) is 78.9 Å². The molecule has 0 aromatic heterocycles. The van der Waals surface area contributed by atoms with Crippen molar-refractivity contribution in [2.24, 2.45) is 17.6 Å². The minimum absolute atomic E-state index is 0.171. The summed E-state index contributed by atoms with van der Waals surface area (Å²) >= 11 is 0. The van der Waals surface area contributed by atoms with Gasteiger partial charge >= 0.3 is 11.9 Å². The summed E-state index contributed by atoms with van der Waals surface area (Å²) in [6, 6.07) is 25.9. The summed E-state index contributed by atoms with van der Waals surface area (Å²) in [5.74, 6) is -4.18. The fraction of sp³-hybridized carbons (Fsp3) is 0.412. The molecule has 6 rings (SSSR count). The molecule has 2 atom stereocenters. The normalized spacial score (nSPS) is 23.1. The van der Waals surface area contributed by atoms with E-state index in [4.69, 9.17) is 5.73 Å². The average Bonchev–Trinajstić information content (AvgIpc) is 3.00. The van der Waals surface area contributed by atoms with Crippen LogP contribution >= 0.6 is 0 Å². The van der Waals surface area contributed by atoms with E-state index in [1.54, 1.807) is 0 Å². The molecule has 2 unspecified atom stereocenters. The highest BCUT2D eigenvalue weighted by molar-refractivity contribution is 5.80. The summed E-state index contributed by atoms with van der Waals surface area (Å²) in [5.41, 5.74) is 11.0. The number of piperazine rings is 3. The number of hydrogen-bond donors (Lipinski definition) is 3. The molecular formula is C34H43N3O4+2. The van der Waals surface area contributed by atoms with Crippen LogP contribution in [0.4, 0.5) is 0 Å². The Balaban J connectivity index is 1.21. The SMILES string of the molecule is NCCC[N+]12CC[N+](Cc3ccc(-c4ccc(CC(C(=O)O)C(Cc5ccccc5)C(=O)O)cc4)cc3)(CC1)CC2. The molecule has 2 bridgehead atoms. The van der Waals surface area contributed by atoms with Crippen LogP contribution in [0.1, 0.15) is 23.1 Å². The van der Waals surface area contributed by atoms with E-state index < -0.39 is 23.8 Å². The lowest BCUT2D eigenvalue weighted by Gasteiger charge is -2.55. The molecule has 0 saturated carbocycles. The standard InChI is InChI=1S/C34H41N3O4/c35-15-4-16-36-17-20-37(21-18-36,22-19-36)25-28-9-13-30(14-10-28)29-11-7-27(8-12-29)24-32(34(40)41)31(33(38)39)23-26-5-2-1-3-6-26/h1-3,5-14,31-32H,4,15-25,35H2/p+2. The zero-order valence-electron chi connectivity index (χ0n) is 23.8. The van der Waals surface area contributed by atoms with Gasteiger partial charge in [-0.05, 0) is 41.6 Å². The minimum atomic E-state index is -1.08. The number of hydrogen-bond acceptors (Lipinski definition) is 3. The van der Waals surface area contributed by atoms with Crippen molar-refractivity contribution < 1.29 is 28.8 Å². The number of quaternary nitrogens is 2. The summed E-state index contributed by atoms with van der Waals surface area (Å²) < 4.78 is 2.46. The van der Waals surface area contributed by atoms with Crippen LogP contribution < -0.4 is 5.73 Å². The number of aliphatic carboxylic acids is 2. The summed E-state index contributed by atoms with van der Waals surface area (Å²) in [7, 11) is 0. The zero-order valence-corrected chi connectivity index (χ0v) is 23.8. The lowest BCUT2D eigenvalue weighted by atomic mass is 9.82. The van der Waals surface area contributed by atoms with Gasteiger partial charge in [0.15, 0.2) is 0 Å². The first kappa shape index (κ1) is 29.0. The lowest BCUT2D eigenvalue weighted by molar-refractivity contribution is -1.09. The fourth-order valence-corrected chi connectivity index (χ4v) is 6.89. The highest BCUT2D eigenvalue weighted by Crippen LogP contribution is 2.30. The van der Waals surface area contributed by atoms with Gasteiger partial charge in [-0.3, -0.25) is 9.59 Å². The van der Waals surface area contributed by atoms with Crippen LogP contribution in [-0.2, 0) is 29.0 Å². The van der Waals surface area contributed by atoms with Crippen LogP contribution in [-0.4, -0.2) is 83.5 Å². The van der Waals surface area contributed by atoms with E-state index in [9.17, 15) is 19.8 Å². The Morgan fingerprint density at radius 1 is 0.634 bits per heavy atom. The van der Waals surface area contributed by atoms with Crippen molar-refractivity contribution in [2.45, 2.75) is 25.8 Å². The zero-order chi connectivity index (χ0) is 28.9. The molecule has 3 aliphatic heterocycles. The minimum Gasteiger partial charge on any atom is -0.481 e. The maximum atomic E-state index is 12.1. The van der Waals surface area contributed by atoms with Gasteiger partial charge in [-0.2, -0.15) is 0 Å². The molecule has 41 heavy (non-hydrogen) atoms. The molecule has 216 valence electrons. The molecular weight excluding hydrogens is 514 g/mol. The van der Waals surface area contributed by atoms with Gasteiger partial charge in [-0.15, -0.1) is 0 Å². The highest BCUT2D eigenvalue weighted by atomic mass is 16.4. The van der Waals surface area contributed by atoms with Gasteiger partial charge in [0, 0.05) is 12.0 Å². The second-order valence-electron chi connectivity index (χ2n) is 12.2. The third-order valence-electron chi connectivity index (χ3n) is 9.62. The van der Waals surface area contributed by atoms with Gasteiger partial charge < -0.3 is 24.9 Å². The number of nitrogens with zero attached hydrogens (tertiary/aromatic N) is 2.